The Morgan fingerprint density at radius 1 is 1.16 bits per heavy atom. The topological polar surface area (TPSA) is 121 Å². The van der Waals surface area contributed by atoms with Crippen molar-refractivity contribution in [1.82, 2.24) is 19.9 Å². The third-order valence-corrected chi connectivity index (χ3v) is 4.38. The number of nitrogens with zero attached hydrogens (tertiary/aromatic N) is 3. The molecule has 1 aromatic carbocycles. The third kappa shape index (κ3) is 6.43. The van der Waals surface area contributed by atoms with Crippen molar-refractivity contribution in [2.75, 3.05) is 5.73 Å². The highest BCUT2D eigenvalue weighted by atomic mass is 16.6. The number of aromatic nitrogens is 3. The molecule has 1 atom stereocenters. The van der Waals surface area contributed by atoms with Crippen LogP contribution in [0.15, 0.2) is 48.9 Å². The largest absolute Gasteiger partial charge is 0.461 e. The average Bonchev–Trinajstić information content (AvgIpc) is 3.10. The van der Waals surface area contributed by atoms with Gasteiger partial charge in [-0.3, -0.25) is 4.79 Å². The molecule has 0 aliphatic carbocycles. The van der Waals surface area contributed by atoms with E-state index >= 15 is 0 Å². The third-order valence-electron chi connectivity index (χ3n) is 4.38. The molecular weight excluding hydrogens is 398 g/mol. The highest BCUT2D eigenvalue weighted by Gasteiger charge is 2.23. The SMILES string of the molecule is CC(C)(C)OC(=O)N[C@H](CC(=O)OCc1ccccc1)Cn1ccc2c(N)ncnc21. The zero-order valence-corrected chi connectivity index (χ0v) is 17.9. The summed E-state index contributed by atoms with van der Waals surface area (Å²) in [6.45, 7) is 5.76. The zero-order chi connectivity index (χ0) is 22.4. The first-order valence-electron chi connectivity index (χ1n) is 9.95. The van der Waals surface area contributed by atoms with Gasteiger partial charge in [0.15, 0.2) is 0 Å². The molecule has 0 saturated carbocycles. The summed E-state index contributed by atoms with van der Waals surface area (Å²) in [6.07, 6.45) is 2.51. The van der Waals surface area contributed by atoms with Crippen LogP contribution in [0.5, 0.6) is 0 Å². The molecule has 0 aliphatic heterocycles. The van der Waals surface area contributed by atoms with Crippen LogP contribution in [0.25, 0.3) is 11.0 Å². The van der Waals surface area contributed by atoms with Crippen molar-refractivity contribution >= 4 is 28.9 Å². The van der Waals surface area contributed by atoms with Gasteiger partial charge in [0.05, 0.1) is 17.8 Å². The van der Waals surface area contributed by atoms with E-state index in [0.717, 1.165) is 5.56 Å². The van der Waals surface area contributed by atoms with Crippen molar-refractivity contribution in [2.24, 2.45) is 0 Å². The number of amides is 1. The number of esters is 1. The fourth-order valence-electron chi connectivity index (χ4n) is 3.04. The van der Waals surface area contributed by atoms with E-state index in [-0.39, 0.29) is 19.6 Å². The molecule has 0 bridgehead atoms. The highest BCUT2D eigenvalue weighted by molar-refractivity contribution is 5.86. The van der Waals surface area contributed by atoms with E-state index in [0.29, 0.717) is 16.9 Å². The molecule has 0 radical (unpaired) electrons. The van der Waals surface area contributed by atoms with Crippen molar-refractivity contribution in [3.05, 3.63) is 54.5 Å². The van der Waals surface area contributed by atoms with Crippen LogP contribution in [0.4, 0.5) is 10.6 Å². The fourth-order valence-corrected chi connectivity index (χ4v) is 3.04. The van der Waals surface area contributed by atoms with E-state index in [9.17, 15) is 9.59 Å². The number of nitrogen functional groups attached to an aromatic ring is 1. The van der Waals surface area contributed by atoms with Gasteiger partial charge in [-0.15, -0.1) is 0 Å². The molecule has 0 spiro atoms. The lowest BCUT2D eigenvalue weighted by Gasteiger charge is -2.24. The van der Waals surface area contributed by atoms with Crippen LogP contribution in [0, 0.1) is 0 Å². The lowest BCUT2D eigenvalue weighted by Crippen LogP contribution is -2.42. The molecular formula is C22H27N5O4. The second-order valence-corrected chi connectivity index (χ2v) is 8.16. The number of rotatable bonds is 7. The second kappa shape index (κ2) is 9.46. The number of hydrogen-bond acceptors (Lipinski definition) is 7. The first-order chi connectivity index (χ1) is 14.7. The van der Waals surface area contributed by atoms with Gasteiger partial charge >= 0.3 is 12.1 Å². The number of carbonyl (C=O) groups excluding carboxylic acids is 2. The lowest BCUT2D eigenvalue weighted by atomic mass is 10.2. The van der Waals surface area contributed by atoms with Crippen LogP contribution in [0.1, 0.15) is 32.8 Å². The van der Waals surface area contributed by atoms with Gasteiger partial charge in [0.1, 0.15) is 30.0 Å². The predicted molar refractivity (Wildman–Crippen MR) is 116 cm³/mol. The normalized spacial score (nSPS) is 12.4. The Balaban J connectivity index is 1.71. The maximum Gasteiger partial charge on any atom is 0.407 e. The van der Waals surface area contributed by atoms with Crippen molar-refractivity contribution in [2.45, 2.75) is 52.0 Å². The minimum absolute atomic E-state index is 0.0354. The van der Waals surface area contributed by atoms with Crippen LogP contribution < -0.4 is 11.1 Å². The van der Waals surface area contributed by atoms with Gasteiger partial charge in [-0.25, -0.2) is 14.8 Å². The maximum absolute atomic E-state index is 12.5. The molecule has 9 nitrogen and oxygen atoms in total. The molecule has 2 aromatic heterocycles. The van der Waals surface area contributed by atoms with E-state index in [1.807, 2.05) is 30.3 Å². The molecule has 3 aromatic rings. The van der Waals surface area contributed by atoms with Crippen LogP contribution in [-0.2, 0) is 27.4 Å². The fraction of sp³-hybridized carbons (Fsp3) is 0.364. The van der Waals surface area contributed by atoms with E-state index in [2.05, 4.69) is 15.3 Å². The second-order valence-electron chi connectivity index (χ2n) is 8.16. The number of hydrogen-bond donors (Lipinski definition) is 2. The van der Waals surface area contributed by atoms with Gasteiger partial charge in [-0.1, -0.05) is 30.3 Å². The molecule has 0 fully saturated rings. The van der Waals surface area contributed by atoms with E-state index in [1.165, 1.54) is 6.33 Å². The van der Waals surface area contributed by atoms with Gasteiger partial charge in [-0.05, 0) is 32.4 Å². The van der Waals surface area contributed by atoms with Gasteiger partial charge in [0.2, 0.25) is 0 Å². The highest BCUT2D eigenvalue weighted by Crippen LogP contribution is 2.18. The van der Waals surface area contributed by atoms with Gasteiger partial charge < -0.3 is 25.1 Å². The minimum atomic E-state index is -0.662. The van der Waals surface area contributed by atoms with Gasteiger partial charge in [0, 0.05) is 12.7 Å². The number of nitrogens with two attached hydrogens (primary N) is 1. The van der Waals surface area contributed by atoms with E-state index in [1.54, 1.807) is 37.6 Å². The number of alkyl carbamates (subject to hydrolysis) is 1. The number of nitrogens with one attached hydrogen (secondary N) is 1. The van der Waals surface area contributed by atoms with E-state index < -0.39 is 23.7 Å². The van der Waals surface area contributed by atoms with E-state index in [4.69, 9.17) is 15.2 Å². The van der Waals surface area contributed by atoms with Crippen molar-refractivity contribution in [3.63, 3.8) is 0 Å². The molecule has 2 heterocycles. The lowest BCUT2D eigenvalue weighted by molar-refractivity contribution is -0.145. The first-order valence-corrected chi connectivity index (χ1v) is 9.95. The quantitative estimate of drug-likeness (QED) is 0.558. The Kier molecular flexibility index (Phi) is 6.74. The summed E-state index contributed by atoms with van der Waals surface area (Å²) >= 11 is 0. The number of carbonyl (C=O) groups is 2. The Labute approximate surface area is 180 Å². The van der Waals surface area contributed by atoms with Crippen molar-refractivity contribution < 1.29 is 19.1 Å². The molecule has 9 heteroatoms. The molecule has 0 aliphatic rings. The molecule has 1 amide bonds. The number of fused-ring (bicyclic) bond motifs is 1. The summed E-state index contributed by atoms with van der Waals surface area (Å²) in [4.78, 5) is 33.0. The average molecular weight is 425 g/mol. The summed E-state index contributed by atoms with van der Waals surface area (Å²) in [5, 5.41) is 3.46. The Morgan fingerprint density at radius 2 is 1.90 bits per heavy atom. The summed E-state index contributed by atoms with van der Waals surface area (Å²) in [7, 11) is 0. The number of benzene rings is 1. The van der Waals surface area contributed by atoms with Crippen LogP contribution in [-0.4, -0.2) is 38.2 Å². The molecule has 3 rings (SSSR count). The molecule has 0 saturated heterocycles. The zero-order valence-electron chi connectivity index (χ0n) is 17.9. The van der Waals surface area contributed by atoms with Crippen molar-refractivity contribution in [1.29, 1.82) is 0 Å². The summed E-state index contributed by atoms with van der Waals surface area (Å²) in [5.41, 5.74) is 6.73. The van der Waals surface area contributed by atoms with Crippen LogP contribution >= 0.6 is 0 Å². The molecule has 164 valence electrons. The smallest absolute Gasteiger partial charge is 0.407 e. The van der Waals surface area contributed by atoms with Crippen LogP contribution in [0.3, 0.4) is 0 Å². The summed E-state index contributed by atoms with van der Waals surface area (Å²) in [5.74, 6) is -0.0711. The van der Waals surface area contributed by atoms with Crippen molar-refractivity contribution in [3.8, 4) is 0 Å². The Morgan fingerprint density at radius 3 is 2.61 bits per heavy atom. The predicted octanol–water partition coefficient (Wildman–Crippen LogP) is 3.04. The maximum atomic E-state index is 12.5. The van der Waals surface area contributed by atoms with Gasteiger partial charge in [-0.2, -0.15) is 0 Å². The monoisotopic (exact) mass is 425 g/mol. The molecule has 0 unspecified atom stereocenters. The van der Waals surface area contributed by atoms with Gasteiger partial charge in [0.25, 0.3) is 0 Å². The first kappa shape index (κ1) is 22.1. The summed E-state index contributed by atoms with van der Waals surface area (Å²) < 4.78 is 12.5. The Hall–Kier alpha value is -3.62. The summed E-state index contributed by atoms with van der Waals surface area (Å²) in [6, 6.07) is 10.6. The molecule has 3 N–H and O–H groups in total. The number of ether oxygens (including phenoxy) is 2. The molecule has 31 heavy (non-hydrogen) atoms. The Bertz CT molecular complexity index is 1040. The number of anilines is 1. The standard InChI is InChI=1S/C22H27N5O4/c1-22(2,3)31-21(29)26-16(11-18(28)30-13-15-7-5-4-6-8-15)12-27-10-9-17-19(23)24-14-25-20(17)27/h4-10,14,16H,11-13H2,1-3H3,(H,26,29)(H2,23,24,25)/t16-/m1/s1. The minimum Gasteiger partial charge on any atom is -0.461 e. The van der Waals surface area contributed by atoms with Crippen LogP contribution in [0.2, 0.25) is 0 Å².